The van der Waals surface area contributed by atoms with Crippen LogP contribution in [0.5, 0.6) is 0 Å². The quantitative estimate of drug-likeness (QED) is 0.261. The first-order valence-electron chi connectivity index (χ1n) is 16.9. The number of esters is 1. The summed E-state index contributed by atoms with van der Waals surface area (Å²) in [6.07, 6.45) is 5.64. The van der Waals surface area contributed by atoms with Crippen molar-refractivity contribution < 1.29 is 33.8 Å². The van der Waals surface area contributed by atoms with Gasteiger partial charge in [-0.05, 0) is 76.3 Å². The molecule has 3 aliphatic rings. The van der Waals surface area contributed by atoms with Crippen molar-refractivity contribution in [2.75, 3.05) is 25.5 Å². The van der Waals surface area contributed by atoms with Gasteiger partial charge in [0.2, 0.25) is 11.8 Å². The second kappa shape index (κ2) is 15.2. The number of likely N-dealkylation sites (tertiary alicyclic amines) is 2. The topological polar surface area (TPSA) is 192 Å². The van der Waals surface area contributed by atoms with Crippen LogP contribution >= 0.6 is 0 Å². The molecule has 49 heavy (non-hydrogen) atoms. The Morgan fingerprint density at radius 3 is 2.65 bits per heavy atom. The van der Waals surface area contributed by atoms with Crippen molar-refractivity contribution in [3.63, 3.8) is 0 Å². The van der Waals surface area contributed by atoms with Crippen molar-refractivity contribution in [2.24, 2.45) is 17.8 Å². The number of nitrogens with zero attached hydrogens (tertiary/aromatic N) is 6. The standard InChI is InChI=1S/C34H46N8O7/c1-34(2,3)49-33(47)42-14-7-10-26(42)31(45)36-17-22-19-41(39-38-22)15-13-29(44)37-25-9-6-5-8-23(25)27-16-24-21(18-40(27)20-35)11-12-28(43)30(24)32(46)48-4/h5-6,8-9,19,21,24,26-28,30,43H,7,10-18H2,1-4H3,(H,36,45)(H,37,44)/t21-,24-,26-,27-,28-,30+/m0/s1. The second-order valence-electron chi connectivity index (χ2n) is 14.0. The monoisotopic (exact) mass is 678 g/mol. The maximum absolute atomic E-state index is 13.1. The summed E-state index contributed by atoms with van der Waals surface area (Å²) in [5.41, 5.74) is 1.17. The van der Waals surface area contributed by atoms with Crippen LogP contribution in [-0.2, 0) is 36.9 Å². The third-order valence-corrected chi connectivity index (χ3v) is 9.59. The molecule has 2 aliphatic heterocycles. The first-order chi connectivity index (χ1) is 23.4. The smallest absolute Gasteiger partial charge is 0.410 e. The summed E-state index contributed by atoms with van der Waals surface area (Å²) in [5.74, 6) is -1.75. The Balaban J connectivity index is 1.16. The summed E-state index contributed by atoms with van der Waals surface area (Å²) in [6, 6.07) is 6.29. The zero-order valence-corrected chi connectivity index (χ0v) is 28.5. The number of nitriles is 1. The third kappa shape index (κ3) is 8.48. The molecule has 3 fully saturated rings. The van der Waals surface area contributed by atoms with Gasteiger partial charge in [-0.25, -0.2) is 4.79 Å². The van der Waals surface area contributed by atoms with E-state index < -0.39 is 41.8 Å². The largest absolute Gasteiger partial charge is 0.469 e. The molecule has 1 saturated carbocycles. The van der Waals surface area contributed by atoms with Gasteiger partial charge in [0.05, 0.1) is 44.5 Å². The van der Waals surface area contributed by atoms with Crippen molar-refractivity contribution in [3.8, 4) is 6.19 Å². The summed E-state index contributed by atoms with van der Waals surface area (Å²) < 4.78 is 12.0. The van der Waals surface area contributed by atoms with Crippen LogP contribution in [0.4, 0.5) is 10.5 Å². The molecule has 0 bridgehead atoms. The zero-order chi connectivity index (χ0) is 35.3. The van der Waals surface area contributed by atoms with Gasteiger partial charge in [-0.15, -0.1) is 5.10 Å². The normalized spacial score (nSPS) is 25.1. The molecule has 1 aromatic carbocycles. The molecule has 0 unspecified atom stereocenters. The van der Waals surface area contributed by atoms with Crippen LogP contribution in [0.3, 0.4) is 0 Å². The van der Waals surface area contributed by atoms with Gasteiger partial charge in [-0.1, -0.05) is 23.4 Å². The highest BCUT2D eigenvalue weighted by Gasteiger charge is 2.48. The predicted molar refractivity (Wildman–Crippen MR) is 175 cm³/mol. The molecule has 0 spiro atoms. The third-order valence-electron chi connectivity index (χ3n) is 9.59. The number of aryl methyl sites for hydroxylation is 1. The highest BCUT2D eigenvalue weighted by molar-refractivity contribution is 5.91. The fourth-order valence-corrected chi connectivity index (χ4v) is 7.29. The van der Waals surface area contributed by atoms with E-state index in [-0.39, 0.29) is 43.2 Å². The Kier molecular flexibility index (Phi) is 11.1. The number of ether oxygens (including phenoxy) is 2. The Morgan fingerprint density at radius 2 is 1.92 bits per heavy atom. The number of nitrogens with one attached hydrogen (secondary N) is 2. The lowest BCUT2D eigenvalue weighted by molar-refractivity contribution is -0.159. The Morgan fingerprint density at radius 1 is 1.14 bits per heavy atom. The number of aromatic nitrogens is 3. The van der Waals surface area contributed by atoms with E-state index in [1.807, 2.05) is 12.1 Å². The molecule has 0 radical (unpaired) electrons. The van der Waals surface area contributed by atoms with Crippen LogP contribution in [0.1, 0.15) is 76.6 Å². The molecule has 3 amide bonds. The lowest BCUT2D eigenvalue weighted by atomic mass is 9.65. The number of aliphatic hydroxyl groups is 1. The van der Waals surface area contributed by atoms with Crippen LogP contribution in [0, 0.1) is 29.2 Å². The average Bonchev–Trinajstić information content (AvgIpc) is 3.75. The number of fused-ring (bicyclic) bond motifs is 1. The van der Waals surface area contributed by atoms with E-state index in [1.54, 1.807) is 44.0 Å². The number of anilines is 1. The maximum Gasteiger partial charge on any atom is 0.410 e. The van der Waals surface area contributed by atoms with Crippen LogP contribution in [-0.4, -0.2) is 91.7 Å². The van der Waals surface area contributed by atoms with Crippen molar-refractivity contribution >= 4 is 29.6 Å². The molecular formula is C34H46N8O7. The molecule has 15 nitrogen and oxygen atoms in total. The minimum Gasteiger partial charge on any atom is -0.469 e. The summed E-state index contributed by atoms with van der Waals surface area (Å²) >= 11 is 0. The van der Waals surface area contributed by atoms with Crippen molar-refractivity contribution in [2.45, 2.75) is 96.2 Å². The van der Waals surface area contributed by atoms with Gasteiger partial charge in [0.15, 0.2) is 6.19 Å². The summed E-state index contributed by atoms with van der Waals surface area (Å²) in [6.45, 7) is 6.60. The van der Waals surface area contributed by atoms with Gasteiger partial charge in [0.25, 0.3) is 0 Å². The molecule has 6 atom stereocenters. The zero-order valence-electron chi connectivity index (χ0n) is 28.5. The van der Waals surface area contributed by atoms with Gasteiger partial charge >= 0.3 is 12.1 Å². The van der Waals surface area contributed by atoms with Crippen molar-refractivity contribution in [1.82, 2.24) is 30.1 Å². The van der Waals surface area contributed by atoms with E-state index in [0.29, 0.717) is 56.6 Å². The lowest BCUT2D eigenvalue weighted by Gasteiger charge is -2.48. The molecule has 3 N–H and O–H groups in total. The van der Waals surface area contributed by atoms with Crippen molar-refractivity contribution in [1.29, 1.82) is 5.26 Å². The van der Waals surface area contributed by atoms with Crippen molar-refractivity contribution in [3.05, 3.63) is 41.7 Å². The first kappa shape index (κ1) is 35.6. The van der Waals surface area contributed by atoms with E-state index in [0.717, 1.165) is 5.56 Å². The molecule has 15 heteroatoms. The fourth-order valence-electron chi connectivity index (χ4n) is 7.29. The number of amides is 3. The summed E-state index contributed by atoms with van der Waals surface area (Å²) in [5, 5.41) is 34.7. The fraction of sp³-hybridized carbons (Fsp3) is 0.618. The highest BCUT2D eigenvalue weighted by atomic mass is 16.6. The molecular weight excluding hydrogens is 632 g/mol. The predicted octanol–water partition coefficient (Wildman–Crippen LogP) is 2.73. The number of piperidine rings is 1. The van der Waals surface area contributed by atoms with E-state index in [2.05, 4.69) is 27.1 Å². The lowest BCUT2D eigenvalue weighted by Crippen LogP contribution is -2.51. The summed E-state index contributed by atoms with van der Waals surface area (Å²) in [4.78, 5) is 54.4. The van der Waals surface area contributed by atoms with Gasteiger partial charge < -0.3 is 30.1 Å². The van der Waals surface area contributed by atoms with Crippen LogP contribution < -0.4 is 10.6 Å². The maximum atomic E-state index is 13.1. The number of benzene rings is 1. The van der Waals surface area contributed by atoms with E-state index in [4.69, 9.17) is 9.47 Å². The number of hydrogen-bond donors (Lipinski definition) is 3. The Bertz CT molecular complexity index is 1570. The van der Waals surface area contributed by atoms with Gasteiger partial charge in [0, 0.05) is 25.2 Å². The molecule has 3 heterocycles. The van der Waals surface area contributed by atoms with Gasteiger partial charge in [-0.3, -0.25) is 24.0 Å². The minimum absolute atomic E-state index is 0.0701. The molecule has 264 valence electrons. The van der Waals surface area contributed by atoms with E-state index in [9.17, 15) is 29.5 Å². The molecule has 2 saturated heterocycles. The minimum atomic E-state index is -0.798. The highest BCUT2D eigenvalue weighted by Crippen LogP contribution is 2.47. The van der Waals surface area contributed by atoms with Crippen LogP contribution in [0.25, 0.3) is 0 Å². The number of methoxy groups -OCH3 is 1. The van der Waals surface area contributed by atoms with Crippen LogP contribution in [0.15, 0.2) is 30.5 Å². The van der Waals surface area contributed by atoms with Gasteiger partial charge in [0.1, 0.15) is 17.3 Å². The number of para-hydroxylation sites is 1. The Labute approximate surface area is 285 Å². The SMILES string of the molecule is COC(=O)[C@@H]1[C@H]2C[C@@H](c3ccccc3NC(=O)CCn3cc(CNC(=O)[C@@H]4CCCN4C(=O)OC(C)(C)C)nn3)N(C#N)C[C@@H]2CC[C@@H]1O. The number of carbonyl (C=O) groups is 4. The van der Waals surface area contributed by atoms with Gasteiger partial charge in [-0.2, -0.15) is 5.26 Å². The number of hydrogen-bond acceptors (Lipinski definition) is 11. The molecule has 1 aromatic heterocycles. The molecule has 1 aliphatic carbocycles. The number of aliphatic hydroxyl groups excluding tert-OH is 1. The summed E-state index contributed by atoms with van der Waals surface area (Å²) in [7, 11) is 1.32. The van der Waals surface area contributed by atoms with E-state index in [1.165, 1.54) is 16.7 Å². The van der Waals surface area contributed by atoms with Crippen LogP contribution in [0.2, 0.25) is 0 Å². The molecule has 2 aromatic rings. The number of carbonyl (C=O) groups excluding carboxylic acids is 4. The average molecular weight is 679 g/mol. The second-order valence-corrected chi connectivity index (χ2v) is 14.0. The molecule has 5 rings (SSSR count). The number of rotatable bonds is 9. The first-order valence-corrected chi connectivity index (χ1v) is 16.9. The Hall–Kier alpha value is -4.71. The van der Waals surface area contributed by atoms with E-state index >= 15 is 0 Å².